The van der Waals surface area contributed by atoms with E-state index in [1.54, 1.807) is 4.31 Å². The Balaban J connectivity index is 1.32. The van der Waals surface area contributed by atoms with E-state index in [1.807, 2.05) is 23.2 Å². The van der Waals surface area contributed by atoms with Crippen molar-refractivity contribution in [2.75, 3.05) is 45.5 Å². The van der Waals surface area contributed by atoms with Crippen LogP contribution in [0.2, 0.25) is 0 Å². The molecule has 30 heavy (non-hydrogen) atoms. The minimum Gasteiger partial charge on any atom is -0.361 e. The van der Waals surface area contributed by atoms with Gasteiger partial charge in [-0.2, -0.15) is 0 Å². The zero-order valence-electron chi connectivity index (χ0n) is 17.9. The highest BCUT2D eigenvalue weighted by Crippen LogP contribution is 2.33. The van der Waals surface area contributed by atoms with Crippen LogP contribution in [0.3, 0.4) is 0 Å². The number of rotatable bonds is 6. The lowest BCUT2D eigenvalue weighted by Gasteiger charge is -2.45. The van der Waals surface area contributed by atoms with Crippen LogP contribution in [0.25, 0.3) is 10.9 Å². The Hall–Kier alpha value is -1.90. The predicted molar refractivity (Wildman–Crippen MR) is 119 cm³/mol. The molecule has 3 heterocycles. The van der Waals surface area contributed by atoms with Crippen molar-refractivity contribution < 1.29 is 13.2 Å². The smallest absolute Gasteiger partial charge is 0.222 e. The molecule has 164 valence electrons. The molecule has 2 aromatic rings. The van der Waals surface area contributed by atoms with E-state index in [0.717, 1.165) is 37.9 Å². The minimum absolute atomic E-state index is 0.0950. The van der Waals surface area contributed by atoms with Gasteiger partial charge in [-0.05, 0) is 30.9 Å². The number of fused-ring (bicyclic) bond motifs is 1. The second kappa shape index (κ2) is 8.32. The number of sulfonamides is 1. The van der Waals surface area contributed by atoms with Gasteiger partial charge in [-0.15, -0.1) is 0 Å². The van der Waals surface area contributed by atoms with Gasteiger partial charge in [0.25, 0.3) is 0 Å². The van der Waals surface area contributed by atoms with Crippen LogP contribution in [0, 0.1) is 0 Å². The van der Waals surface area contributed by atoms with Crippen LogP contribution in [-0.4, -0.2) is 84.5 Å². The molecule has 2 fully saturated rings. The molecule has 1 unspecified atom stereocenters. The number of aryl methyl sites for hydroxylation is 1. The van der Waals surface area contributed by atoms with Gasteiger partial charge in [0.05, 0.1) is 6.26 Å². The van der Waals surface area contributed by atoms with E-state index in [4.69, 9.17) is 0 Å². The van der Waals surface area contributed by atoms with Crippen LogP contribution in [0.1, 0.15) is 31.7 Å². The maximum Gasteiger partial charge on any atom is 0.222 e. The minimum atomic E-state index is -3.15. The average Bonchev–Trinajstić information content (AvgIpc) is 3.37. The van der Waals surface area contributed by atoms with E-state index in [0.29, 0.717) is 32.6 Å². The van der Waals surface area contributed by atoms with E-state index in [1.165, 1.54) is 17.2 Å². The number of nitrogens with one attached hydrogen (secondary N) is 1. The molecule has 4 rings (SSSR count). The largest absolute Gasteiger partial charge is 0.361 e. The molecule has 2 aliphatic heterocycles. The fourth-order valence-corrected chi connectivity index (χ4v) is 5.94. The number of nitrogens with zero attached hydrogens (tertiary/aromatic N) is 3. The summed E-state index contributed by atoms with van der Waals surface area (Å²) in [6.45, 7) is 6.35. The molecule has 7 nitrogen and oxygen atoms in total. The highest BCUT2D eigenvalue weighted by atomic mass is 32.2. The van der Waals surface area contributed by atoms with Gasteiger partial charge in [-0.25, -0.2) is 12.7 Å². The Labute approximate surface area is 179 Å². The molecule has 1 aromatic heterocycles. The first kappa shape index (κ1) is 21.3. The number of piperazine rings is 1. The van der Waals surface area contributed by atoms with Crippen molar-refractivity contribution in [3.8, 4) is 0 Å². The summed E-state index contributed by atoms with van der Waals surface area (Å²) in [4.78, 5) is 20.5. The molecule has 0 aliphatic carbocycles. The zero-order chi connectivity index (χ0) is 21.4. The molecule has 1 amide bonds. The first-order chi connectivity index (χ1) is 14.3. The van der Waals surface area contributed by atoms with E-state index in [-0.39, 0.29) is 11.4 Å². The van der Waals surface area contributed by atoms with Crippen molar-refractivity contribution in [1.29, 1.82) is 0 Å². The fourth-order valence-electron chi connectivity index (χ4n) is 5.04. The number of hydrogen-bond donors (Lipinski definition) is 1. The molecular weight excluding hydrogens is 400 g/mol. The van der Waals surface area contributed by atoms with Gasteiger partial charge in [0.15, 0.2) is 0 Å². The Morgan fingerprint density at radius 1 is 1.13 bits per heavy atom. The number of H-pyrrole nitrogens is 1. The Morgan fingerprint density at radius 3 is 2.53 bits per heavy atom. The molecule has 0 saturated carbocycles. The summed E-state index contributed by atoms with van der Waals surface area (Å²) in [5.41, 5.74) is 2.20. The third kappa shape index (κ3) is 4.13. The topological polar surface area (TPSA) is 76.7 Å². The molecule has 2 aliphatic rings. The maximum atomic E-state index is 12.8. The molecule has 1 atom stereocenters. The molecule has 1 N–H and O–H groups in total. The lowest BCUT2D eigenvalue weighted by molar-refractivity contribution is -0.133. The molecular formula is C22H32N4O3S. The van der Waals surface area contributed by atoms with Gasteiger partial charge >= 0.3 is 0 Å². The van der Waals surface area contributed by atoms with Crippen molar-refractivity contribution in [3.05, 3.63) is 36.0 Å². The number of amides is 1. The van der Waals surface area contributed by atoms with Crippen LogP contribution in [-0.2, 0) is 21.2 Å². The monoisotopic (exact) mass is 432 g/mol. The Kier molecular flexibility index (Phi) is 5.92. The highest BCUT2D eigenvalue weighted by Gasteiger charge is 2.45. The Morgan fingerprint density at radius 2 is 1.87 bits per heavy atom. The lowest BCUT2D eigenvalue weighted by atomic mass is 9.92. The highest BCUT2D eigenvalue weighted by molar-refractivity contribution is 7.88. The number of aromatic amines is 1. The number of para-hydroxylation sites is 1. The fraction of sp³-hybridized carbons (Fsp3) is 0.591. The first-order valence-corrected chi connectivity index (χ1v) is 12.7. The van der Waals surface area contributed by atoms with Gasteiger partial charge in [0, 0.05) is 68.3 Å². The van der Waals surface area contributed by atoms with Gasteiger partial charge in [-0.1, -0.05) is 25.1 Å². The van der Waals surface area contributed by atoms with Crippen molar-refractivity contribution in [1.82, 2.24) is 19.1 Å². The normalized spacial score (nSPS) is 24.0. The van der Waals surface area contributed by atoms with Crippen LogP contribution in [0.4, 0.5) is 0 Å². The molecule has 0 radical (unpaired) electrons. The second-order valence-corrected chi connectivity index (χ2v) is 10.6. The summed E-state index contributed by atoms with van der Waals surface area (Å²) in [7, 11) is -3.15. The van der Waals surface area contributed by atoms with Crippen molar-refractivity contribution in [3.63, 3.8) is 0 Å². The number of benzene rings is 1. The summed E-state index contributed by atoms with van der Waals surface area (Å²) < 4.78 is 25.5. The average molecular weight is 433 g/mol. The third-order valence-electron chi connectivity index (χ3n) is 7.01. The second-order valence-electron chi connectivity index (χ2n) is 8.65. The summed E-state index contributed by atoms with van der Waals surface area (Å²) in [6.07, 6.45) is 6.35. The van der Waals surface area contributed by atoms with Crippen LogP contribution in [0.5, 0.6) is 0 Å². The summed E-state index contributed by atoms with van der Waals surface area (Å²) in [6, 6.07) is 8.18. The number of hydrogen-bond acceptors (Lipinski definition) is 4. The number of carbonyl (C=O) groups excluding carboxylic acids is 1. The zero-order valence-corrected chi connectivity index (χ0v) is 18.7. The molecule has 2 saturated heterocycles. The van der Waals surface area contributed by atoms with E-state index in [9.17, 15) is 13.2 Å². The van der Waals surface area contributed by atoms with Gasteiger partial charge in [0.2, 0.25) is 15.9 Å². The van der Waals surface area contributed by atoms with Crippen LogP contribution >= 0.6 is 0 Å². The van der Waals surface area contributed by atoms with Crippen LogP contribution < -0.4 is 0 Å². The van der Waals surface area contributed by atoms with Crippen molar-refractivity contribution >= 4 is 26.8 Å². The summed E-state index contributed by atoms with van der Waals surface area (Å²) in [5, 5.41) is 1.19. The molecule has 0 bridgehead atoms. The van der Waals surface area contributed by atoms with Crippen molar-refractivity contribution in [2.45, 2.75) is 38.1 Å². The van der Waals surface area contributed by atoms with Gasteiger partial charge in [-0.3, -0.25) is 9.69 Å². The Bertz CT molecular complexity index is 1010. The number of aromatic nitrogens is 1. The molecule has 1 aromatic carbocycles. The van der Waals surface area contributed by atoms with Gasteiger partial charge in [0.1, 0.15) is 0 Å². The van der Waals surface area contributed by atoms with E-state index >= 15 is 0 Å². The quantitative estimate of drug-likeness (QED) is 0.758. The maximum absolute atomic E-state index is 12.8. The first-order valence-electron chi connectivity index (χ1n) is 10.9. The SMILES string of the molecule is CCC1(N2CCN(C(=O)CCc3c[nH]c4ccccc34)CC2)CCN(S(C)(=O)=O)C1. The molecule has 0 spiro atoms. The van der Waals surface area contributed by atoms with E-state index < -0.39 is 10.0 Å². The summed E-state index contributed by atoms with van der Waals surface area (Å²) in [5.74, 6) is 0.203. The third-order valence-corrected chi connectivity index (χ3v) is 8.26. The predicted octanol–water partition coefficient (Wildman–Crippen LogP) is 2.06. The van der Waals surface area contributed by atoms with Gasteiger partial charge < -0.3 is 9.88 Å². The standard InChI is InChI=1S/C22H32N4O3S/c1-3-22(10-11-26(17-22)30(2,28)29)25-14-12-24(13-15-25)21(27)9-8-18-16-23-20-7-5-4-6-19(18)20/h4-7,16,23H,3,8-15,17H2,1-2H3. The summed E-state index contributed by atoms with van der Waals surface area (Å²) >= 11 is 0. The number of carbonyl (C=O) groups is 1. The van der Waals surface area contributed by atoms with E-state index in [2.05, 4.69) is 28.9 Å². The van der Waals surface area contributed by atoms with Crippen molar-refractivity contribution in [2.24, 2.45) is 0 Å². The lowest BCUT2D eigenvalue weighted by Crippen LogP contribution is -2.59. The van der Waals surface area contributed by atoms with Crippen LogP contribution in [0.15, 0.2) is 30.5 Å². The molecule has 8 heteroatoms.